The van der Waals surface area contributed by atoms with Crippen LogP contribution in [0.5, 0.6) is 0 Å². The number of fused-ring (bicyclic) bond motifs is 1. The monoisotopic (exact) mass is 351 g/mol. The molecule has 1 atom stereocenters. The van der Waals surface area contributed by atoms with Crippen molar-refractivity contribution in [2.45, 2.75) is 70.8 Å². The topological polar surface area (TPSA) is 46.1 Å². The van der Waals surface area contributed by atoms with E-state index in [1.165, 1.54) is 22.2 Å². The Kier molecular flexibility index (Phi) is 5.68. The van der Waals surface area contributed by atoms with Gasteiger partial charge in [0.1, 0.15) is 16.2 Å². The zero-order valence-electron chi connectivity index (χ0n) is 14.9. The van der Waals surface area contributed by atoms with E-state index in [-0.39, 0.29) is 23.2 Å². The molecule has 0 N–H and O–H groups in total. The van der Waals surface area contributed by atoms with Gasteiger partial charge < -0.3 is 4.90 Å². The van der Waals surface area contributed by atoms with Crippen molar-refractivity contribution in [3.05, 3.63) is 16.8 Å². The number of thiophene rings is 1. The summed E-state index contributed by atoms with van der Waals surface area (Å²) in [5.41, 5.74) is 1.22. The predicted molar refractivity (Wildman–Crippen MR) is 99.3 cm³/mol. The van der Waals surface area contributed by atoms with E-state index < -0.39 is 0 Å². The highest BCUT2D eigenvalue weighted by Crippen LogP contribution is 2.36. The van der Waals surface area contributed by atoms with Gasteiger partial charge in [0.2, 0.25) is 5.91 Å². The lowest BCUT2D eigenvalue weighted by Gasteiger charge is -2.32. The molecule has 2 aromatic heterocycles. The highest BCUT2D eigenvalue weighted by molar-refractivity contribution is 8.00. The SMILES string of the molecule is Cc1sc2ncnc(S[C@@H](C)C(=O)N(C(C)C)C(C)C)c2c1C. The Morgan fingerprint density at radius 1 is 1.13 bits per heavy atom. The molecule has 0 unspecified atom stereocenters. The fourth-order valence-corrected chi connectivity index (χ4v) is 4.87. The molecule has 0 spiro atoms. The number of aryl methyl sites for hydroxylation is 2. The van der Waals surface area contributed by atoms with Gasteiger partial charge >= 0.3 is 0 Å². The van der Waals surface area contributed by atoms with Gasteiger partial charge in [0.25, 0.3) is 0 Å². The van der Waals surface area contributed by atoms with Crippen LogP contribution < -0.4 is 0 Å². The second-order valence-electron chi connectivity index (χ2n) is 6.34. The number of nitrogens with zero attached hydrogens (tertiary/aromatic N) is 3. The largest absolute Gasteiger partial charge is 0.337 e. The van der Waals surface area contributed by atoms with Crippen LogP contribution in [0.3, 0.4) is 0 Å². The van der Waals surface area contributed by atoms with Crippen LogP contribution in [0.2, 0.25) is 0 Å². The summed E-state index contributed by atoms with van der Waals surface area (Å²) in [6, 6.07) is 0.391. The first-order chi connectivity index (χ1) is 10.7. The highest BCUT2D eigenvalue weighted by atomic mass is 32.2. The molecule has 23 heavy (non-hydrogen) atoms. The smallest absolute Gasteiger partial charge is 0.236 e. The van der Waals surface area contributed by atoms with E-state index in [1.54, 1.807) is 17.7 Å². The standard InChI is InChI=1S/C17H25N3OS2/c1-9(2)20(10(3)4)17(21)13(7)23-16-14-11(5)12(6)22-15(14)18-8-19-16/h8-10,13H,1-7H3/t13-/m0/s1. The van der Waals surface area contributed by atoms with Crippen molar-refractivity contribution >= 4 is 39.2 Å². The quantitative estimate of drug-likeness (QED) is 0.590. The molecule has 0 aliphatic rings. The first-order valence-corrected chi connectivity index (χ1v) is 9.63. The Labute approximate surface area is 146 Å². The minimum Gasteiger partial charge on any atom is -0.337 e. The van der Waals surface area contributed by atoms with Gasteiger partial charge in [-0.3, -0.25) is 4.79 Å². The highest BCUT2D eigenvalue weighted by Gasteiger charge is 2.27. The number of aromatic nitrogens is 2. The zero-order chi connectivity index (χ0) is 17.3. The van der Waals surface area contributed by atoms with E-state index in [2.05, 4.69) is 51.5 Å². The van der Waals surface area contributed by atoms with Crippen LogP contribution in [0.15, 0.2) is 11.4 Å². The zero-order valence-corrected chi connectivity index (χ0v) is 16.5. The maximum absolute atomic E-state index is 12.8. The molecule has 0 fully saturated rings. The summed E-state index contributed by atoms with van der Waals surface area (Å²) in [5, 5.41) is 1.84. The van der Waals surface area contributed by atoms with Gasteiger partial charge in [-0.05, 0) is 54.0 Å². The van der Waals surface area contributed by atoms with Crippen molar-refractivity contribution in [3.63, 3.8) is 0 Å². The van der Waals surface area contributed by atoms with Gasteiger partial charge in [0, 0.05) is 22.3 Å². The molecule has 0 aromatic carbocycles. The lowest BCUT2D eigenvalue weighted by Crippen LogP contribution is -2.45. The molecule has 2 rings (SSSR count). The Bertz CT molecular complexity index is 701. The molecule has 2 aromatic rings. The molecule has 0 bridgehead atoms. The maximum atomic E-state index is 12.8. The second-order valence-corrected chi connectivity index (χ2v) is 8.87. The van der Waals surface area contributed by atoms with Gasteiger partial charge in [-0.25, -0.2) is 9.97 Å². The molecule has 1 amide bonds. The average molecular weight is 352 g/mol. The number of amides is 1. The van der Waals surface area contributed by atoms with Crippen LogP contribution >= 0.6 is 23.1 Å². The number of rotatable bonds is 5. The summed E-state index contributed by atoms with van der Waals surface area (Å²) >= 11 is 3.22. The lowest BCUT2D eigenvalue weighted by molar-refractivity contribution is -0.133. The third-order valence-corrected chi connectivity index (χ3v) is 6.14. The molecule has 0 radical (unpaired) electrons. The Morgan fingerprint density at radius 2 is 1.74 bits per heavy atom. The third-order valence-electron chi connectivity index (χ3n) is 3.93. The van der Waals surface area contributed by atoms with Crippen molar-refractivity contribution in [1.29, 1.82) is 0 Å². The molecule has 4 nitrogen and oxygen atoms in total. The Morgan fingerprint density at radius 3 is 2.30 bits per heavy atom. The van der Waals surface area contributed by atoms with Crippen LogP contribution in [0.4, 0.5) is 0 Å². The molecule has 6 heteroatoms. The molecule has 0 saturated heterocycles. The minimum absolute atomic E-state index is 0.163. The molecular formula is C17H25N3OS2. The second kappa shape index (κ2) is 7.18. The van der Waals surface area contributed by atoms with E-state index in [0.29, 0.717) is 0 Å². The van der Waals surface area contributed by atoms with Gasteiger partial charge in [-0.1, -0.05) is 11.8 Å². The fraction of sp³-hybridized carbons (Fsp3) is 0.588. The Hall–Kier alpha value is -1.14. The van der Waals surface area contributed by atoms with Crippen molar-refractivity contribution in [3.8, 4) is 0 Å². The normalized spacial score (nSPS) is 13.1. The summed E-state index contributed by atoms with van der Waals surface area (Å²) in [5.74, 6) is 0.163. The summed E-state index contributed by atoms with van der Waals surface area (Å²) < 4.78 is 0. The molecule has 0 aliphatic carbocycles. The summed E-state index contributed by atoms with van der Waals surface area (Å²) in [6.45, 7) is 14.4. The van der Waals surface area contributed by atoms with Crippen LogP contribution in [0.1, 0.15) is 45.1 Å². The maximum Gasteiger partial charge on any atom is 0.236 e. The summed E-state index contributed by atoms with van der Waals surface area (Å²) in [6.07, 6.45) is 1.60. The number of thioether (sulfide) groups is 1. The van der Waals surface area contributed by atoms with Gasteiger partial charge in [0.15, 0.2) is 0 Å². The van der Waals surface area contributed by atoms with Gasteiger partial charge in [-0.15, -0.1) is 11.3 Å². The van der Waals surface area contributed by atoms with Crippen molar-refractivity contribution in [2.24, 2.45) is 0 Å². The number of carbonyl (C=O) groups is 1. The van der Waals surface area contributed by atoms with Crippen LogP contribution in [-0.2, 0) is 4.79 Å². The van der Waals surface area contributed by atoms with E-state index in [1.807, 2.05) is 11.8 Å². The van der Waals surface area contributed by atoms with Crippen molar-refractivity contribution in [1.82, 2.24) is 14.9 Å². The van der Waals surface area contributed by atoms with Crippen LogP contribution in [0, 0.1) is 13.8 Å². The van der Waals surface area contributed by atoms with E-state index >= 15 is 0 Å². The van der Waals surface area contributed by atoms with Crippen molar-refractivity contribution in [2.75, 3.05) is 0 Å². The lowest BCUT2D eigenvalue weighted by atomic mass is 10.2. The Balaban J connectivity index is 2.30. The van der Waals surface area contributed by atoms with Gasteiger partial charge in [0.05, 0.1) is 5.25 Å². The summed E-state index contributed by atoms with van der Waals surface area (Å²) in [4.78, 5) is 25.8. The molecule has 126 valence electrons. The van der Waals surface area contributed by atoms with E-state index in [4.69, 9.17) is 0 Å². The van der Waals surface area contributed by atoms with Gasteiger partial charge in [-0.2, -0.15) is 0 Å². The van der Waals surface area contributed by atoms with E-state index in [0.717, 1.165) is 15.2 Å². The molecular weight excluding hydrogens is 326 g/mol. The number of hydrogen-bond acceptors (Lipinski definition) is 5. The summed E-state index contributed by atoms with van der Waals surface area (Å²) in [7, 11) is 0. The predicted octanol–water partition coefficient (Wildman–Crippen LogP) is 4.43. The molecule has 0 saturated carbocycles. The first-order valence-electron chi connectivity index (χ1n) is 7.93. The molecule has 2 heterocycles. The average Bonchev–Trinajstić information content (AvgIpc) is 2.74. The number of carbonyl (C=O) groups excluding carboxylic acids is 1. The van der Waals surface area contributed by atoms with Crippen LogP contribution in [-0.4, -0.2) is 38.1 Å². The van der Waals surface area contributed by atoms with E-state index in [9.17, 15) is 4.79 Å². The van der Waals surface area contributed by atoms with Crippen LogP contribution in [0.25, 0.3) is 10.2 Å². The fourth-order valence-electron chi connectivity index (χ4n) is 2.77. The number of hydrogen-bond donors (Lipinski definition) is 0. The first kappa shape index (κ1) is 18.2. The third kappa shape index (κ3) is 3.69. The molecule has 0 aliphatic heterocycles. The van der Waals surface area contributed by atoms with Crippen molar-refractivity contribution < 1.29 is 4.79 Å². The minimum atomic E-state index is -0.169.